The van der Waals surface area contributed by atoms with E-state index in [1.807, 2.05) is 46.1 Å². The summed E-state index contributed by atoms with van der Waals surface area (Å²) in [6, 6.07) is 1.97. The molecule has 1 aliphatic heterocycles. The molecule has 0 saturated carbocycles. The molecule has 0 amide bonds. The molecular formula is C13H18BFO2S. The highest BCUT2D eigenvalue weighted by Gasteiger charge is 2.53. The van der Waals surface area contributed by atoms with Gasteiger partial charge >= 0.3 is 7.12 Å². The van der Waals surface area contributed by atoms with Gasteiger partial charge in [-0.1, -0.05) is 0 Å². The van der Waals surface area contributed by atoms with E-state index in [2.05, 4.69) is 0 Å². The SMILES string of the molecule is Cc1ccsc1C=C(F)B1OC(C)(C)C(C)(C)O1. The standard InChI is InChI=1S/C13H18BFO2S/c1-9-6-7-18-10(9)8-11(15)14-16-12(2,3)13(4,5)17-14/h6-8H,1-5H3. The second-order valence-corrected chi connectivity index (χ2v) is 6.53. The molecular weight excluding hydrogens is 250 g/mol. The molecule has 0 spiro atoms. The number of aryl methyl sites for hydroxylation is 1. The third kappa shape index (κ3) is 2.39. The summed E-state index contributed by atoms with van der Waals surface area (Å²) in [4.78, 5) is 0.905. The van der Waals surface area contributed by atoms with E-state index in [1.54, 1.807) is 0 Å². The van der Waals surface area contributed by atoms with Crippen molar-refractivity contribution in [2.75, 3.05) is 0 Å². The first-order valence-electron chi connectivity index (χ1n) is 6.00. The Balaban J connectivity index is 2.20. The molecule has 2 heterocycles. The zero-order valence-corrected chi connectivity index (χ0v) is 12.2. The maximum Gasteiger partial charge on any atom is 0.525 e. The van der Waals surface area contributed by atoms with Crippen molar-refractivity contribution in [3.8, 4) is 0 Å². The molecule has 1 saturated heterocycles. The Hall–Kier alpha value is -0.645. The molecule has 1 fully saturated rings. The normalized spacial score (nSPS) is 22.6. The molecule has 0 aromatic carbocycles. The van der Waals surface area contributed by atoms with Gasteiger partial charge in [-0.3, -0.25) is 0 Å². The predicted molar refractivity (Wildman–Crippen MR) is 74.2 cm³/mol. The van der Waals surface area contributed by atoms with E-state index in [9.17, 15) is 4.39 Å². The molecule has 18 heavy (non-hydrogen) atoms. The van der Waals surface area contributed by atoms with E-state index < -0.39 is 18.3 Å². The number of hydrogen-bond donors (Lipinski definition) is 0. The first-order valence-corrected chi connectivity index (χ1v) is 6.88. The van der Waals surface area contributed by atoms with Gasteiger partial charge in [0.2, 0.25) is 0 Å². The van der Waals surface area contributed by atoms with Gasteiger partial charge in [0, 0.05) is 4.88 Å². The van der Waals surface area contributed by atoms with Crippen LogP contribution in [-0.2, 0) is 9.31 Å². The molecule has 0 radical (unpaired) electrons. The lowest BCUT2D eigenvalue weighted by Gasteiger charge is -2.32. The van der Waals surface area contributed by atoms with Crippen molar-refractivity contribution in [3.05, 3.63) is 27.6 Å². The van der Waals surface area contributed by atoms with Crippen molar-refractivity contribution in [2.45, 2.75) is 45.8 Å². The monoisotopic (exact) mass is 268 g/mol. The fourth-order valence-electron chi connectivity index (χ4n) is 1.68. The van der Waals surface area contributed by atoms with Crippen LogP contribution in [0.15, 0.2) is 17.2 Å². The maximum absolute atomic E-state index is 14.2. The van der Waals surface area contributed by atoms with E-state index >= 15 is 0 Å². The Kier molecular flexibility index (Phi) is 3.43. The molecule has 2 rings (SSSR count). The Morgan fingerprint density at radius 1 is 1.28 bits per heavy atom. The minimum Gasteiger partial charge on any atom is -0.398 e. The molecule has 98 valence electrons. The van der Waals surface area contributed by atoms with Crippen LogP contribution in [-0.4, -0.2) is 18.3 Å². The van der Waals surface area contributed by atoms with E-state index in [4.69, 9.17) is 9.31 Å². The number of hydrogen-bond acceptors (Lipinski definition) is 3. The van der Waals surface area contributed by atoms with Gasteiger partial charge in [0.1, 0.15) is 5.73 Å². The molecule has 0 bridgehead atoms. The Bertz CT molecular complexity index is 463. The highest BCUT2D eigenvalue weighted by molar-refractivity contribution is 7.11. The van der Waals surface area contributed by atoms with Gasteiger partial charge in [-0.25, -0.2) is 4.39 Å². The molecule has 2 nitrogen and oxygen atoms in total. The second-order valence-electron chi connectivity index (χ2n) is 5.59. The van der Waals surface area contributed by atoms with Crippen molar-refractivity contribution in [1.82, 2.24) is 0 Å². The van der Waals surface area contributed by atoms with Crippen molar-refractivity contribution >= 4 is 24.5 Å². The summed E-state index contributed by atoms with van der Waals surface area (Å²) >= 11 is 1.51. The van der Waals surface area contributed by atoms with Gasteiger partial charge in [-0.05, 0) is 57.7 Å². The summed E-state index contributed by atoms with van der Waals surface area (Å²) in [5, 5.41) is 1.94. The van der Waals surface area contributed by atoms with Gasteiger partial charge in [0.05, 0.1) is 11.2 Å². The largest absolute Gasteiger partial charge is 0.525 e. The topological polar surface area (TPSA) is 18.5 Å². The molecule has 0 atom stereocenters. The molecule has 1 aromatic rings. The Morgan fingerprint density at radius 2 is 1.83 bits per heavy atom. The molecule has 0 unspecified atom stereocenters. The van der Waals surface area contributed by atoms with Crippen LogP contribution < -0.4 is 0 Å². The predicted octanol–water partition coefficient (Wildman–Crippen LogP) is 4.00. The summed E-state index contributed by atoms with van der Waals surface area (Å²) in [6.07, 6.45) is 1.50. The number of thiophene rings is 1. The Morgan fingerprint density at radius 3 is 2.28 bits per heavy atom. The van der Waals surface area contributed by atoms with E-state index in [-0.39, 0.29) is 5.73 Å². The highest BCUT2D eigenvalue weighted by atomic mass is 32.1. The van der Waals surface area contributed by atoms with E-state index in [1.165, 1.54) is 17.4 Å². The quantitative estimate of drug-likeness (QED) is 0.755. The van der Waals surface area contributed by atoms with Crippen LogP contribution in [0.5, 0.6) is 0 Å². The summed E-state index contributed by atoms with van der Waals surface area (Å²) in [5.74, 6) is 0. The van der Waals surface area contributed by atoms with Gasteiger partial charge in [0.25, 0.3) is 0 Å². The lowest BCUT2D eigenvalue weighted by atomic mass is 9.87. The van der Waals surface area contributed by atoms with Crippen LogP contribution in [0.1, 0.15) is 38.1 Å². The average Bonchev–Trinajstić information content (AvgIpc) is 2.70. The molecule has 5 heteroatoms. The number of rotatable bonds is 2. The van der Waals surface area contributed by atoms with Gasteiger partial charge in [0.15, 0.2) is 0 Å². The minimum atomic E-state index is -0.906. The lowest BCUT2D eigenvalue weighted by molar-refractivity contribution is 0.00578. The van der Waals surface area contributed by atoms with Crippen molar-refractivity contribution in [2.24, 2.45) is 0 Å². The van der Waals surface area contributed by atoms with Crippen LogP contribution in [0.25, 0.3) is 6.08 Å². The molecule has 0 aliphatic carbocycles. The summed E-state index contributed by atoms with van der Waals surface area (Å²) in [6.45, 7) is 9.61. The minimum absolute atomic E-state index is 0.376. The summed E-state index contributed by atoms with van der Waals surface area (Å²) in [7, 11) is -0.906. The summed E-state index contributed by atoms with van der Waals surface area (Å²) < 4.78 is 25.5. The van der Waals surface area contributed by atoms with E-state index in [0.29, 0.717) is 0 Å². The highest BCUT2D eigenvalue weighted by Crippen LogP contribution is 2.39. The second kappa shape index (κ2) is 4.47. The maximum atomic E-state index is 14.2. The lowest BCUT2D eigenvalue weighted by Crippen LogP contribution is -2.41. The Labute approximate surface area is 112 Å². The molecule has 0 N–H and O–H groups in total. The molecule has 1 aliphatic rings. The third-order valence-electron chi connectivity index (χ3n) is 3.65. The zero-order valence-electron chi connectivity index (χ0n) is 11.4. The van der Waals surface area contributed by atoms with Crippen LogP contribution in [0.4, 0.5) is 4.39 Å². The fraction of sp³-hybridized carbons (Fsp3) is 0.538. The zero-order chi connectivity index (χ0) is 13.6. The first-order chi connectivity index (χ1) is 8.23. The van der Waals surface area contributed by atoms with Gasteiger partial charge in [-0.2, -0.15) is 0 Å². The van der Waals surface area contributed by atoms with Gasteiger partial charge < -0.3 is 9.31 Å². The average molecular weight is 268 g/mol. The van der Waals surface area contributed by atoms with Crippen LogP contribution in [0, 0.1) is 6.92 Å². The van der Waals surface area contributed by atoms with Gasteiger partial charge in [-0.15, -0.1) is 11.3 Å². The smallest absolute Gasteiger partial charge is 0.398 e. The third-order valence-corrected chi connectivity index (χ3v) is 4.62. The van der Waals surface area contributed by atoms with Crippen LogP contribution in [0.3, 0.4) is 0 Å². The number of halogens is 1. The fourth-order valence-corrected chi connectivity index (χ4v) is 2.53. The van der Waals surface area contributed by atoms with Crippen molar-refractivity contribution < 1.29 is 13.7 Å². The summed E-state index contributed by atoms with van der Waals surface area (Å²) in [5.41, 5.74) is -0.327. The van der Waals surface area contributed by atoms with Crippen LogP contribution >= 0.6 is 11.3 Å². The van der Waals surface area contributed by atoms with Crippen molar-refractivity contribution in [3.63, 3.8) is 0 Å². The van der Waals surface area contributed by atoms with E-state index in [0.717, 1.165) is 10.4 Å². The first kappa shape index (κ1) is 13.8. The molecule has 1 aromatic heterocycles. The van der Waals surface area contributed by atoms with Crippen LogP contribution in [0.2, 0.25) is 0 Å². The van der Waals surface area contributed by atoms with Crippen molar-refractivity contribution in [1.29, 1.82) is 0 Å².